The van der Waals surface area contributed by atoms with Gasteiger partial charge in [-0.25, -0.2) is 0 Å². The fourth-order valence-electron chi connectivity index (χ4n) is 2.32. The molecule has 0 bridgehead atoms. The van der Waals surface area contributed by atoms with Crippen molar-refractivity contribution in [2.24, 2.45) is 5.73 Å². The standard InChI is InChI=1S/C12H22N4/c1-9(6-7-13)14-8-12-10-4-2-3-5-11(10)15-16-12/h9,14H,2-8,13H2,1H3,(H,15,16). The number of nitrogens with zero attached hydrogens (tertiary/aromatic N) is 1. The number of aromatic nitrogens is 2. The van der Waals surface area contributed by atoms with Crippen molar-refractivity contribution in [3.63, 3.8) is 0 Å². The minimum absolute atomic E-state index is 0.473. The van der Waals surface area contributed by atoms with Gasteiger partial charge in [0.2, 0.25) is 0 Å². The third kappa shape index (κ3) is 2.62. The second-order valence-electron chi connectivity index (χ2n) is 4.69. The monoisotopic (exact) mass is 222 g/mol. The summed E-state index contributed by atoms with van der Waals surface area (Å²) in [6.45, 7) is 3.78. The maximum absolute atomic E-state index is 5.53. The summed E-state index contributed by atoms with van der Waals surface area (Å²) >= 11 is 0. The molecule has 1 aromatic rings. The van der Waals surface area contributed by atoms with Crippen LogP contribution >= 0.6 is 0 Å². The highest BCUT2D eigenvalue weighted by Crippen LogP contribution is 2.21. The lowest BCUT2D eigenvalue weighted by molar-refractivity contribution is 0.513. The van der Waals surface area contributed by atoms with Crippen LogP contribution in [0.1, 0.15) is 43.1 Å². The lowest BCUT2D eigenvalue weighted by atomic mass is 9.96. The second-order valence-corrected chi connectivity index (χ2v) is 4.69. The number of H-pyrrole nitrogens is 1. The van der Waals surface area contributed by atoms with E-state index in [1.54, 1.807) is 0 Å². The van der Waals surface area contributed by atoms with E-state index in [9.17, 15) is 0 Å². The molecule has 0 fully saturated rings. The number of aryl methyl sites for hydroxylation is 1. The van der Waals surface area contributed by atoms with Gasteiger partial charge in [-0.05, 0) is 51.1 Å². The molecule has 0 aromatic carbocycles. The minimum atomic E-state index is 0.473. The van der Waals surface area contributed by atoms with Crippen molar-refractivity contribution in [1.82, 2.24) is 15.5 Å². The summed E-state index contributed by atoms with van der Waals surface area (Å²) in [6, 6.07) is 0.473. The largest absolute Gasteiger partial charge is 0.330 e. The highest BCUT2D eigenvalue weighted by atomic mass is 15.1. The first-order valence-corrected chi connectivity index (χ1v) is 6.29. The molecule has 1 unspecified atom stereocenters. The molecule has 0 aliphatic heterocycles. The fraction of sp³-hybridized carbons (Fsp3) is 0.750. The molecule has 4 heteroatoms. The molecule has 1 heterocycles. The third-order valence-corrected chi connectivity index (χ3v) is 3.36. The smallest absolute Gasteiger partial charge is 0.0794 e. The number of nitrogens with one attached hydrogen (secondary N) is 2. The molecule has 0 amide bonds. The van der Waals surface area contributed by atoms with Crippen molar-refractivity contribution in [1.29, 1.82) is 0 Å². The average Bonchev–Trinajstić information content (AvgIpc) is 2.70. The molecule has 4 N–H and O–H groups in total. The van der Waals surface area contributed by atoms with E-state index < -0.39 is 0 Å². The van der Waals surface area contributed by atoms with Gasteiger partial charge in [0.05, 0.1) is 5.69 Å². The van der Waals surface area contributed by atoms with Gasteiger partial charge in [0.15, 0.2) is 0 Å². The second kappa shape index (κ2) is 5.46. The molecule has 16 heavy (non-hydrogen) atoms. The minimum Gasteiger partial charge on any atom is -0.330 e. The van der Waals surface area contributed by atoms with Gasteiger partial charge in [-0.3, -0.25) is 5.10 Å². The Balaban J connectivity index is 1.92. The SMILES string of the molecule is CC(CCN)NCc1n[nH]c2c1CCCC2. The van der Waals surface area contributed by atoms with Crippen LogP contribution in [0.4, 0.5) is 0 Å². The van der Waals surface area contributed by atoms with Crippen molar-refractivity contribution in [3.8, 4) is 0 Å². The molecule has 1 aliphatic carbocycles. The summed E-state index contributed by atoms with van der Waals surface area (Å²) < 4.78 is 0. The molecular weight excluding hydrogens is 200 g/mol. The first-order valence-electron chi connectivity index (χ1n) is 6.29. The zero-order chi connectivity index (χ0) is 11.4. The van der Waals surface area contributed by atoms with Gasteiger partial charge in [0, 0.05) is 18.3 Å². The van der Waals surface area contributed by atoms with E-state index in [0.29, 0.717) is 6.04 Å². The van der Waals surface area contributed by atoms with E-state index in [1.807, 2.05) is 0 Å². The van der Waals surface area contributed by atoms with Crippen molar-refractivity contribution in [2.45, 2.75) is 51.6 Å². The van der Waals surface area contributed by atoms with E-state index >= 15 is 0 Å². The Morgan fingerprint density at radius 2 is 2.25 bits per heavy atom. The van der Waals surface area contributed by atoms with Gasteiger partial charge < -0.3 is 11.1 Å². The fourth-order valence-corrected chi connectivity index (χ4v) is 2.32. The number of rotatable bonds is 5. The Bertz CT molecular complexity index is 332. The normalized spacial score (nSPS) is 17.1. The summed E-state index contributed by atoms with van der Waals surface area (Å²) in [5, 5.41) is 11.1. The van der Waals surface area contributed by atoms with E-state index in [0.717, 1.165) is 19.5 Å². The quantitative estimate of drug-likeness (QED) is 0.699. The molecular formula is C12H22N4. The van der Waals surface area contributed by atoms with Crippen LogP contribution in [-0.2, 0) is 19.4 Å². The molecule has 4 nitrogen and oxygen atoms in total. The number of aromatic amines is 1. The number of nitrogens with two attached hydrogens (primary N) is 1. The Labute approximate surface area is 97.0 Å². The van der Waals surface area contributed by atoms with Gasteiger partial charge in [0.25, 0.3) is 0 Å². The van der Waals surface area contributed by atoms with E-state index in [-0.39, 0.29) is 0 Å². The van der Waals surface area contributed by atoms with Crippen LogP contribution in [-0.4, -0.2) is 22.8 Å². The zero-order valence-corrected chi connectivity index (χ0v) is 10.1. The van der Waals surface area contributed by atoms with Gasteiger partial charge >= 0.3 is 0 Å². The van der Waals surface area contributed by atoms with Crippen LogP contribution in [0.15, 0.2) is 0 Å². The maximum atomic E-state index is 5.53. The first kappa shape index (κ1) is 11.6. The van der Waals surface area contributed by atoms with Crippen LogP contribution in [0.25, 0.3) is 0 Å². The molecule has 1 atom stereocenters. The van der Waals surface area contributed by atoms with Crippen molar-refractivity contribution in [3.05, 3.63) is 17.0 Å². The van der Waals surface area contributed by atoms with Crippen LogP contribution in [0, 0.1) is 0 Å². The molecule has 0 saturated heterocycles. The van der Waals surface area contributed by atoms with E-state index in [2.05, 4.69) is 22.4 Å². The van der Waals surface area contributed by atoms with Crippen LogP contribution in [0.5, 0.6) is 0 Å². The lowest BCUT2D eigenvalue weighted by Gasteiger charge is -2.14. The lowest BCUT2D eigenvalue weighted by Crippen LogP contribution is -2.28. The number of hydrogen-bond acceptors (Lipinski definition) is 3. The van der Waals surface area contributed by atoms with E-state index in [4.69, 9.17) is 5.73 Å². The summed E-state index contributed by atoms with van der Waals surface area (Å²) in [5.41, 5.74) is 9.55. The van der Waals surface area contributed by atoms with Gasteiger partial charge in [-0.2, -0.15) is 5.10 Å². The van der Waals surface area contributed by atoms with Crippen molar-refractivity contribution in [2.75, 3.05) is 6.54 Å². The zero-order valence-electron chi connectivity index (χ0n) is 10.1. The molecule has 90 valence electrons. The first-order chi connectivity index (χ1) is 7.81. The molecule has 0 radical (unpaired) electrons. The summed E-state index contributed by atoms with van der Waals surface area (Å²) in [4.78, 5) is 0. The Kier molecular flexibility index (Phi) is 3.96. The van der Waals surface area contributed by atoms with Crippen molar-refractivity contribution < 1.29 is 0 Å². The van der Waals surface area contributed by atoms with Gasteiger partial charge in [0.1, 0.15) is 0 Å². The summed E-state index contributed by atoms with van der Waals surface area (Å²) in [7, 11) is 0. The molecule has 0 saturated carbocycles. The number of fused-ring (bicyclic) bond motifs is 1. The predicted octanol–water partition coefficient (Wildman–Crippen LogP) is 1.12. The Morgan fingerprint density at radius 1 is 1.44 bits per heavy atom. The summed E-state index contributed by atoms with van der Waals surface area (Å²) in [5.74, 6) is 0. The Morgan fingerprint density at radius 3 is 3.06 bits per heavy atom. The van der Waals surface area contributed by atoms with Crippen LogP contribution in [0.2, 0.25) is 0 Å². The molecule has 2 rings (SSSR count). The van der Waals surface area contributed by atoms with Gasteiger partial charge in [-0.1, -0.05) is 0 Å². The molecule has 0 spiro atoms. The maximum Gasteiger partial charge on any atom is 0.0794 e. The molecule has 1 aliphatic rings. The van der Waals surface area contributed by atoms with E-state index in [1.165, 1.54) is 42.6 Å². The van der Waals surface area contributed by atoms with Crippen LogP contribution in [0.3, 0.4) is 0 Å². The average molecular weight is 222 g/mol. The van der Waals surface area contributed by atoms with Crippen LogP contribution < -0.4 is 11.1 Å². The Hall–Kier alpha value is -0.870. The van der Waals surface area contributed by atoms with Gasteiger partial charge in [-0.15, -0.1) is 0 Å². The predicted molar refractivity (Wildman–Crippen MR) is 65.2 cm³/mol. The number of hydrogen-bond donors (Lipinski definition) is 3. The molecule has 1 aromatic heterocycles. The highest BCUT2D eigenvalue weighted by molar-refractivity contribution is 5.27. The topological polar surface area (TPSA) is 66.7 Å². The summed E-state index contributed by atoms with van der Waals surface area (Å²) in [6.07, 6.45) is 5.98. The third-order valence-electron chi connectivity index (χ3n) is 3.36. The highest BCUT2D eigenvalue weighted by Gasteiger charge is 2.16. The van der Waals surface area contributed by atoms with Crippen molar-refractivity contribution >= 4 is 0 Å².